The molecular formula is C9H12ClN3. The summed E-state index contributed by atoms with van der Waals surface area (Å²) in [6.45, 7) is 3.06. The van der Waals surface area contributed by atoms with Crippen molar-refractivity contribution in [2.24, 2.45) is 0 Å². The van der Waals surface area contributed by atoms with Gasteiger partial charge in [0.1, 0.15) is 6.17 Å². The van der Waals surface area contributed by atoms with Crippen molar-refractivity contribution in [3.05, 3.63) is 18.5 Å². The van der Waals surface area contributed by atoms with Crippen LogP contribution in [-0.2, 0) is 0 Å². The number of fused-ring (bicyclic) bond motifs is 1. The van der Waals surface area contributed by atoms with E-state index in [0.29, 0.717) is 5.88 Å². The number of nitrogens with one attached hydrogen (secondary N) is 1. The Labute approximate surface area is 82.7 Å². The van der Waals surface area contributed by atoms with Crippen LogP contribution in [0.5, 0.6) is 0 Å². The summed E-state index contributed by atoms with van der Waals surface area (Å²) in [5.74, 6) is 0.586. The molecule has 3 nitrogen and oxygen atoms in total. The van der Waals surface area contributed by atoms with Crippen molar-refractivity contribution in [3.63, 3.8) is 0 Å². The Morgan fingerprint density at radius 2 is 2.54 bits per heavy atom. The molecule has 1 N–H and O–H groups in total. The van der Waals surface area contributed by atoms with E-state index < -0.39 is 0 Å². The van der Waals surface area contributed by atoms with E-state index in [4.69, 9.17) is 11.6 Å². The maximum atomic E-state index is 5.85. The third-order valence-corrected chi connectivity index (χ3v) is 2.59. The lowest BCUT2D eigenvalue weighted by atomic mass is 10.3. The van der Waals surface area contributed by atoms with Crippen LogP contribution in [-0.4, -0.2) is 23.6 Å². The largest absolute Gasteiger partial charge is 0.362 e. The van der Waals surface area contributed by atoms with Crippen molar-refractivity contribution in [1.29, 1.82) is 0 Å². The molecule has 1 aliphatic rings. The lowest BCUT2D eigenvalue weighted by Crippen LogP contribution is -2.36. The third-order valence-electron chi connectivity index (χ3n) is 2.29. The zero-order valence-electron chi connectivity index (χ0n) is 7.50. The van der Waals surface area contributed by atoms with Crippen LogP contribution in [0, 0.1) is 0 Å². The molecule has 1 aromatic heterocycles. The fourth-order valence-electron chi connectivity index (χ4n) is 1.67. The molecule has 0 saturated heterocycles. The molecule has 70 valence electrons. The Balaban J connectivity index is 2.34. The van der Waals surface area contributed by atoms with E-state index >= 15 is 0 Å². The van der Waals surface area contributed by atoms with Gasteiger partial charge in [0.15, 0.2) is 0 Å². The molecule has 0 aliphatic carbocycles. The fourth-order valence-corrected chi connectivity index (χ4v) is 1.92. The molecule has 0 amide bonds. The number of pyridine rings is 1. The first-order valence-electron chi connectivity index (χ1n) is 4.40. The lowest BCUT2D eigenvalue weighted by molar-refractivity contribution is 0.753. The van der Waals surface area contributed by atoms with Crippen LogP contribution in [0.4, 0.5) is 11.4 Å². The van der Waals surface area contributed by atoms with Crippen molar-refractivity contribution in [1.82, 2.24) is 4.98 Å². The van der Waals surface area contributed by atoms with Gasteiger partial charge < -0.3 is 10.2 Å². The van der Waals surface area contributed by atoms with Crippen LogP contribution in [0.25, 0.3) is 0 Å². The Hall–Kier alpha value is -0.960. The summed E-state index contributed by atoms with van der Waals surface area (Å²) in [6.07, 6.45) is 3.88. The summed E-state index contributed by atoms with van der Waals surface area (Å²) in [5.41, 5.74) is 2.28. The van der Waals surface area contributed by atoms with E-state index in [0.717, 1.165) is 17.9 Å². The number of alkyl halides is 1. The van der Waals surface area contributed by atoms with Crippen molar-refractivity contribution in [2.45, 2.75) is 13.1 Å². The smallest absolute Gasteiger partial charge is 0.113 e. The van der Waals surface area contributed by atoms with Crippen molar-refractivity contribution >= 4 is 23.0 Å². The van der Waals surface area contributed by atoms with E-state index in [2.05, 4.69) is 22.1 Å². The summed E-state index contributed by atoms with van der Waals surface area (Å²) in [4.78, 5) is 6.32. The lowest BCUT2D eigenvalue weighted by Gasteiger charge is -2.22. The first-order valence-corrected chi connectivity index (χ1v) is 4.93. The molecule has 2 heterocycles. The first-order chi connectivity index (χ1) is 6.36. The van der Waals surface area contributed by atoms with E-state index in [1.807, 2.05) is 12.3 Å². The number of hydrogen-bond acceptors (Lipinski definition) is 3. The maximum Gasteiger partial charge on any atom is 0.113 e. The molecule has 1 aromatic rings. The van der Waals surface area contributed by atoms with Gasteiger partial charge >= 0.3 is 0 Å². The van der Waals surface area contributed by atoms with E-state index in [1.165, 1.54) is 0 Å². The highest BCUT2D eigenvalue weighted by Crippen LogP contribution is 2.33. The summed E-state index contributed by atoms with van der Waals surface area (Å²) in [5, 5.41) is 3.34. The Morgan fingerprint density at radius 3 is 3.23 bits per heavy atom. The normalized spacial score (nSPS) is 19.8. The van der Waals surface area contributed by atoms with Crippen LogP contribution in [0.2, 0.25) is 0 Å². The summed E-state index contributed by atoms with van der Waals surface area (Å²) in [6, 6.07) is 1.98. The van der Waals surface area contributed by atoms with Crippen LogP contribution in [0.15, 0.2) is 18.5 Å². The number of nitrogens with zero attached hydrogens (tertiary/aromatic N) is 2. The Kier molecular flexibility index (Phi) is 2.27. The topological polar surface area (TPSA) is 28.2 Å². The van der Waals surface area contributed by atoms with Gasteiger partial charge in [-0.1, -0.05) is 0 Å². The monoisotopic (exact) mass is 197 g/mol. The number of anilines is 2. The first kappa shape index (κ1) is 8.63. The van der Waals surface area contributed by atoms with Gasteiger partial charge in [-0.2, -0.15) is 0 Å². The molecule has 0 fully saturated rings. The van der Waals surface area contributed by atoms with Crippen LogP contribution >= 0.6 is 11.6 Å². The van der Waals surface area contributed by atoms with Crippen LogP contribution in [0.1, 0.15) is 6.92 Å². The number of rotatable bonds is 2. The minimum atomic E-state index is 0.214. The maximum absolute atomic E-state index is 5.85. The van der Waals surface area contributed by atoms with Crippen molar-refractivity contribution < 1.29 is 0 Å². The predicted octanol–water partition coefficient (Wildman–Crippen LogP) is 1.90. The van der Waals surface area contributed by atoms with E-state index in [1.54, 1.807) is 6.20 Å². The molecule has 0 bridgehead atoms. The molecule has 4 heteroatoms. The fraction of sp³-hybridized carbons (Fsp3) is 0.444. The van der Waals surface area contributed by atoms with Crippen LogP contribution in [0.3, 0.4) is 0 Å². The molecule has 1 aliphatic heterocycles. The highest BCUT2D eigenvalue weighted by atomic mass is 35.5. The SMILES string of the molecule is CCN1c2cnccc2NC1CCl. The molecule has 0 aromatic carbocycles. The minimum Gasteiger partial charge on any atom is -0.362 e. The number of halogens is 1. The van der Waals surface area contributed by atoms with Gasteiger partial charge in [-0.25, -0.2) is 0 Å². The number of hydrogen-bond donors (Lipinski definition) is 1. The summed E-state index contributed by atoms with van der Waals surface area (Å²) in [7, 11) is 0. The zero-order valence-corrected chi connectivity index (χ0v) is 8.25. The molecule has 0 radical (unpaired) electrons. The predicted molar refractivity (Wildman–Crippen MR) is 55.4 cm³/mol. The number of aromatic nitrogens is 1. The molecule has 13 heavy (non-hydrogen) atoms. The second-order valence-corrected chi connectivity index (χ2v) is 3.30. The molecule has 2 rings (SSSR count). The quantitative estimate of drug-likeness (QED) is 0.735. The van der Waals surface area contributed by atoms with Crippen molar-refractivity contribution in [3.8, 4) is 0 Å². The highest BCUT2D eigenvalue weighted by Gasteiger charge is 2.26. The standard InChI is InChI=1S/C9H12ClN3/c1-2-13-8-6-11-4-3-7(8)12-9(13)5-10/h3-4,6,9,12H,2,5H2,1H3. The summed E-state index contributed by atoms with van der Waals surface area (Å²) >= 11 is 5.85. The minimum absolute atomic E-state index is 0.214. The summed E-state index contributed by atoms with van der Waals surface area (Å²) < 4.78 is 0. The van der Waals surface area contributed by atoms with Gasteiger partial charge in [0, 0.05) is 12.7 Å². The van der Waals surface area contributed by atoms with Gasteiger partial charge in [-0.15, -0.1) is 11.6 Å². The molecule has 1 unspecified atom stereocenters. The molecule has 0 spiro atoms. The van der Waals surface area contributed by atoms with Gasteiger partial charge in [0.05, 0.1) is 23.5 Å². The Bertz CT molecular complexity index is 303. The van der Waals surface area contributed by atoms with Gasteiger partial charge in [0.2, 0.25) is 0 Å². The zero-order chi connectivity index (χ0) is 9.26. The van der Waals surface area contributed by atoms with Gasteiger partial charge in [-0.3, -0.25) is 4.98 Å². The molecule has 0 saturated carbocycles. The van der Waals surface area contributed by atoms with Crippen molar-refractivity contribution in [2.75, 3.05) is 22.6 Å². The van der Waals surface area contributed by atoms with E-state index in [9.17, 15) is 0 Å². The highest BCUT2D eigenvalue weighted by molar-refractivity contribution is 6.18. The van der Waals surface area contributed by atoms with Crippen LogP contribution < -0.4 is 10.2 Å². The average Bonchev–Trinajstić information content (AvgIpc) is 2.55. The molecular weight excluding hydrogens is 186 g/mol. The average molecular weight is 198 g/mol. The van der Waals surface area contributed by atoms with E-state index in [-0.39, 0.29) is 6.17 Å². The second-order valence-electron chi connectivity index (χ2n) is 2.99. The van der Waals surface area contributed by atoms with Gasteiger partial charge in [-0.05, 0) is 13.0 Å². The second kappa shape index (κ2) is 3.42. The third kappa shape index (κ3) is 1.33. The Morgan fingerprint density at radius 1 is 1.69 bits per heavy atom. The molecule has 1 atom stereocenters. The van der Waals surface area contributed by atoms with Gasteiger partial charge in [0.25, 0.3) is 0 Å².